The van der Waals surface area contributed by atoms with Crippen molar-refractivity contribution in [3.8, 4) is 0 Å². The second-order valence-electron chi connectivity index (χ2n) is 4.66. The summed E-state index contributed by atoms with van der Waals surface area (Å²) in [5.41, 5.74) is 0.842. The summed E-state index contributed by atoms with van der Waals surface area (Å²) in [5.74, 6) is -0.509. The maximum atomic E-state index is 12.1. The molecule has 0 fully saturated rings. The predicted molar refractivity (Wildman–Crippen MR) is 76.2 cm³/mol. The van der Waals surface area contributed by atoms with Crippen LogP contribution in [0.2, 0.25) is 0 Å². The molecule has 0 spiro atoms. The van der Waals surface area contributed by atoms with Gasteiger partial charge in [0.2, 0.25) is 10.0 Å². The minimum atomic E-state index is -3.56. The van der Waals surface area contributed by atoms with Crippen LogP contribution in [0.4, 0.5) is 0 Å². The Balaban J connectivity index is 2.26. The minimum absolute atomic E-state index is 0.107. The van der Waals surface area contributed by atoms with E-state index < -0.39 is 15.8 Å². The van der Waals surface area contributed by atoms with E-state index in [1.165, 1.54) is 16.7 Å². The van der Waals surface area contributed by atoms with E-state index in [0.29, 0.717) is 12.1 Å². The van der Waals surface area contributed by atoms with Crippen molar-refractivity contribution in [2.24, 2.45) is 7.05 Å². The van der Waals surface area contributed by atoms with Gasteiger partial charge >= 0.3 is 5.76 Å². The smallest absolute Gasteiger partial charge is 0.408 e. The van der Waals surface area contributed by atoms with Gasteiger partial charge in [-0.2, -0.15) is 0 Å². The molecule has 1 aromatic carbocycles. The Morgan fingerprint density at radius 1 is 1.30 bits per heavy atom. The number of rotatable bonds is 6. The lowest BCUT2D eigenvalue weighted by Gasteiger charge is -2.06. The molecule has 0 saturated carbocycles. The van der Waals surface area contributed by atoms with E-state index in [-0.39, 0.29) is 10.5 Å². The summed E-state index contributed by atoms with van der Waals surface area (Å²) in [7, 11) is -1.98. The van der Waals surface area contributed by atoms with Gasteiger partial charge in [-0.15, -0.1) is 0 Å². The van der Waals surface area contributed by atoms with Crippen molar-refractivity contribution >= 4 is 21.1 Å². The van der Waals surface area contributed by atoms with Gasteiger partial charge in [-0.25, -0.2) is 17.9 Å². The summed E-state index contributed by atoms with van der Waals surface area (Å²) in [4.78, 5) is 11.5. The molecule has 6 nitrogen and oxygen atoms in total. The lowest BCUT2D eigenvalue weighted by molar-refractivity contribution is 0.527. The number of sulfonamides is 1. The van der Waals surface area contributed by atoms with Crippen LogP contribution in [0.1, 0.15) is 26.2 Å². The van der Waals surface area contributed by atoms with Crippen LogP contribution in [0.5, 0.6) is 0 Å². The second-order valence-corrected chi connectivity index (χ2v) is 6.43. The molecule has 0 bridgehead atoms. The predicted octanol–water partition coefficient (Wildman–Crippen LogP) is 1.60. The van der Waals surface area contributed by atoms with Crippen LogP contribution in [0, 0.1) is 0 Å². The quantitative estimate of drug-likeness (QED) is 0.821. The normalized spacial score (nSPS) is 12.1. The summed E-state index contributed by atoms with van der Waals surface area (Å²) in [6, 6.07) is 4.42. The number of fused-ring (bicyclic) bond motifs is 1. The van der Waals surface area contributed by atoms with E-state index in [2.05, 4.69) is 11.6 Å². The fourth-order valence-corrected chi connectivity index (χ4v) is 3.04. The lowest BCUT2D eigenvalue weighted by atomic mass is 10.3. The third-order valence-corrected chi connectivity index (χ3v) is 4.61. The van der Waals surface area contributed by atoms with E-state index in [9.17, 15) is 13.2 Å². The number of aromatic nitrogens is 1. The van der Waals surface area contributed by atoms with Crippen molar-refractivity contribution in [2.75, 3.05) is 6.54 Å². The van der Waals surface area contributed by atoms with E-state index in [1.54, 1.807) is 13.1 Å². The first kappa shape index (κ1) is 14.8. The molecule has 0 aliphatic carbocycles. The highest BCUT2D eigenvalue weighted by Gasteiger charge is 2.16. The summed E-state index contributed by atoms with van der Waals surface area (Å²) in [5, 5.41) is 0. The Hall–Kier alpha value is -1.60. The molecule has 0 amide bonds. The van der Waals surface area contributed by atoms with E-state index >= 15 is 0 Å². The fourth-order valence-electron chi connectivity index (χ4n) is 1.95. The first-order valence-electron chi connectivity index (χ1n) is 6.55. The standard InChI is InChI=1S/C13H18N2O4S/c1-3-4-5-8-14-20(17,18)10-6-7-11-12(9-10)19-13(16)15(11)2/h6-7,9,14H,3-5,8H2,1-2H3. The molecule has 0 radical (unpaired) electrons. The number of benzene rings is 1. The first-order valence-corrected chi connectivity index (χ1v) is 8.03. The fraction of sp³-hybridized carbons (Fsp3) is 0.462. The Labute approximate surface area is 117 Å². The minimum Gasteiger partial charge on any atom is -0.408 e. The SMILES string of the molecule is CCCCCNS(=O)(=O)c1ccc2c(c1)oc(=O)n2C. The zero-order valence-corrected chi connectivity index (χ0v) is 12.4. The molecule has 110 valence electrons. The van der Waals surface area contributed by atoms with Crippen molar-refractivity contribution in [1.82, 2.24) is 9.29 Å². The van der Waals surface area contributed by atoms with Crippen molar-refractivity contribution < 1.29 is 12.8 Å². The maximum absolute atomic E-state index is 12.1. The molecular weight excluding hydrogens is 280 g/mol. The van der Waals surface area contributed by atoms with Gasteiger partial charge in [0.15, 0.2) is 5.58 Å². The molecule has 0 aliphatic rings. The van der Waals surface area contributed by atoms with Crippen LogP contribution < -0.4 is 10.5 Å². The van der Waals surface area contributed by atoms with Crippen molar-refractivity contribution in [2.45, 2.75) is 31.1 Å². The first-order chi connectivity index (χ1) is 9.45. The van der Waals surface area contributed by atoms with Crippen molar-refractivity contribution in [1.29, 1.82) is 0 Å². The third kappa shape index (κ3) is 2.94. The summed E-state index contributed by atoms with van der Waals surface area (Å²) in [6.45, 7) is 2.47. The number of aryl methyl sites for hydroxylation is 1. The molecule has 0 atom stereocenters. The average Bonchev–Trinajstić information content (AvgIpc) is 2.70. The van der Waals surface area contributed by atoms with Crippen LogP contribution in [-0.4, -0.2) is 19.5 Å². The highest BCUT2D eigenvalue weighted by Crippen LogP contribution is 2.17. The van der Waals surface area contributed by atoms with Crippen LogP contribution in [0.3, 0.4) is 0 Å². The van der Waals surface area contributed by atoms with Crippen molar-refractivity contribution in [3.05, 3.63) is 28.7 Å². The molecule has 7 heteroatoms. The lowest BCUT2D eigenvalue weighted by Crippen LogP contribution is -2.24. The molecule has 0 unspecified atom stereocenters. The largest absolute Gasteiger partial charge is 0.419 e. The molecule has 1 aromatic heterocycles. The molecule has 1 N–H and O–H groups in total. The van der Waals surface area contributed by atoms with Gasteiger partial charge in [0.1, 0.15) is 0 Å². The zero-order valence-electron chi connectivity index (χ0n) is 11.5. The monoisotopic (exact) mass is 298 g/mol. The van der Waals surface area contributed by atoms with Gasteiger partial charge < -0.3 is 4.42 Å². The molecule has 0 saturated heterocycles. The molecule has 1 heterocycles. The van der Waals surface area contributed by atoms with Gasteiger partial charge in [0, 0.05) is 19.7 Å². The van der Waals surface area contributed by atoms with Crippen LogP contribution in [-0.2, 0) is 17.1 Å². The molecule has 2 rings (SSSR count). The Morgan fingerprint density at radius 2 is 2.05 bits per heavy atom. The van der Waals surface area contributed by atoms with Crippen LogP contribution in [0.25, 0.3) is 11.1 Å². The second kappa shape index (κ2) is 5.80. The number of nitrogens with one attached hydrogen (secondary N) is 1. The van der Waals surface area contributed by atoms with Crippen LogP contribution >= 0.6 is 0 Å². The van der Waals surface area contributed by atoms with Gasteiger partial charge in [0.25, 0.3) is 0 Å². The molecular formula is C13H18N2O4S. The van der Waals surface area contributed by atoms with E-state index in [1.807, 2.05) is 0 Å². The number of oxazole rings is 1. The highest BCUT2D eigenvalue weighted by atomic mass is 32.2. The Morgan fingerprint density at radius 3 is 2.75 bits per heavy atom. The number of hydrogen-bond donors (Lipinski definition) is 1. The van der Waals surface area contributed by atoms with Gasteiger partial charge in [-0.1, -0.05) is 19.8 Å². The summed E-state index contributed by atoms with van der Waals surface area (Å²) < 4.78 is 33.1. The van der Waals surface area contributed by atoms with Gasteiger partial charge in [0.05, 0.1) is 10.4 Å². The topological polar surface area (TPSA) is 81.3 Å². The highest BCUT2D eigenvalue weighted by molar-refractivity contribution is 7.89. The summed E-state index contributed by atoms with van der Waals surface area (Å²) in [6.07, 6.45) is 2.82. The Kier molecular flexibility index (Phi) is 4.29. The summed E-state index contributed by atoms with van der Waals surface area (Å²) >= 11 is 0. The number of unbranched alkanes of at least 4 members (excludes halogenated alkanes) is 2. The maximum Gasteiger partial charge on any atom is 0.419 e. The number of nitrogens with zero attached hydrogens (tertiary/aromatic N) is 1. The zero-order chi connectivity index (χ0) is 14.8. The van der Waals surface area contributed by atoms with E-state index in [4.69, 9.17) is 4.42 Å². The Bertz CT molecular complexity index is 758. The number of hydrogen-bond acceptors (Lipinski definition) is 4. The third-order valence-electron chi connectivity index (χ3n) is 3.15. The van der Waals surface area contributed by atoms with Crippen molar-refractivity contribution in [3.63, 3.8) is 0 Å². The average molecular weight is 298 g/mol. The van der Waals surface area contributed by atoms with Gasteiger partial charge in [-0.05, 0) is 18.6 Å². The van der Waals surface area contributed by atoms with E-state index in [0.717, 1.165) is 19.3 Å². The van der Waals surface area contributed by atoms with Crippen LogP contribution in [0.15, 0.2) is 32.3 Å². The molecule has 2 aromatic rings. The molecule has 20 heavy (non-hydrogen) atoms. The molecule has 0 aliphatic heterocycles. The van der Waals surface area contributed by atoms with Gasteiger partial charge in [-0.3, -0.25) is 4.57 Å².